The van der Waals surface area contributed by atoms with Crippen LogP contribution in [0.5, 0.6) is 0 Å². The van der Waals surface area contributed by atoms with Gasteiger partial charge in [0.15, 0.2) is 0 Å². The highest BCUT2D eigenvalue weighted by Gasteiger charge is 2.30. The van der Waals surface area contributed by atoms with Crippen molar-refractivity contribution in [2.24, 2.45) is 17.8 Å². The number of ether oxygens (including phenoxy) is 1. The van der Waals surface area contributed by atoms with Crippen molar-refractivity contribution >= 4 is 5.97 Å². The Morgan fingerprint density at radius 2 is 1.56 bits per heavy atom. The first-order valence-electron chi connectivity index (χ1n) is 7.44. The fourth-order valence-electron chi connectivity index (χ4n) is 3.34. The van der Waals surface area contributed by atoms with Gasteiger partial charge in [0.1, 0.15) is 0 Å². The molecule has 0 spiro atoms. The average molecular weight is 254 g/mol. The summed E-state index contributed by atoms with van der Waals surface area (Å²) < 4.78 is 6.19. The topological polar surface area (TPSA) is 46.5 Å². The van der Waals surface area contributed by atoms with E-state index < -0.39 is 5.97 Å². The van der Waals surface area contributed by atoms with Gasteiger partial charge in [0.05, 0.1) is 18.1 Å². The van der Waals surface area contributed by atoms with Gasteiger partial charge in [-0.15, -0.1) is 0 Å². The molecule has 0 aromatic heterocycles. The molecule has 18 heavy (non-hydrogen) atoms. The van der Waals surface area contributed by atoms with Crippen molar-refractivity contribution in [3.8, 4) is 0 Å². The summed E-state index contributed by atoms with van der Waals surface area (Å²) >= 11 is 0. The molecule has 0 aromatic rings. The average Bonchev–Trinajstić information content (AvgIpc) is 2.34. The molecule has 0 aliphatic heterocycles. The molecule has 3 nitrogen and oxygen atoms in total. The standard InChI is InChI=1S/C15H26O3/c1-10-3-6-14(9-11(10)2)18-13-7-4-12(5-8-13)15(16)17/h10-14H,3-9H2,1-2H3,(H,16,17). The third kappa shape index (κ3) is 3.47. The summed E-state index contributed by atoms with van der Waals surface area (Å²) in [6, 6.07) is 0. The Kier molecular flexibility index (Phi) is 4.66. The minimum atomic E-state index is -0.631. The Hall–Kier alpha value is -0.570. The largest absolute Gasteiger partial charge is 0.481 e. The predicted molar refractivity (Wildman–Crippen MR) is 70.4 cm³/mol. The van der Waals surface area contributed by atoms with Crippen LogP contribution in [0.4, 0.5) is 0 Å². The van der Waals surface area contributed by atoms with E-state index in [0.717, 1.165) is 37.5 Å². The summed E-state index contributed by atoms with van der Waals surface area (Å²) in [4.78, 5) is 10.9. The van der Waals surface area contributed by atoms with E-state index in [9.17, 15) is 4.79 Å². The van der Waals surface area contributed by atoms with Crippen LogP contribution >= 0.6 is 0 Å². The number of rotatable bonds is 3. The molecule has 3 atom stereocenters. The maximum atomic E-state index is 10.9. The fraction of sp³-hybridized carbons (Fsp3) is 0.933. The van der Waals surface area contributed by atoms with Gasteiger partial charge in [-0.3, -0.25) is 4.79 Å². The molecule has 2 fully saturated rings. The lowest BCUT2D eigenvalue weighted by atomic mass is 9.80. The van der Waals surface area contributed by atoms with Gasteiger partial charge in [-0.1, -0.05) is 13.8 Å². The van der Waals surface area contributed by atoms with Crippen molar-refractivity contribution in [1.82, 2.24) is 0 Å². The minimum Gasteiger partial charge on any atom is -0.481 e. The third-order valence-electron chi connectivity index (χ3n) is 4.96. The van der Waals surface area contributed by atoms with Crippen molar-refractivity contribution in [3.63, 3.8) is 0 Å². The van der Waals surface area contributed by atoms with Gasteiger partial charge in [0.2, 0.25) is 0 Å². The summed E-state index contributed by atoms with van der Waals surface area (Å²) in [6.45, 7) is 4.65. The highest BCUT2D eigenvalue weighted by atomic mass is 16.5. The van der Waals surface area contributed by atoms with Gasteiger partial charge in [-0.05, 0) is 56.8 Å². The lowest BCUT2D eigenvalue weighted by molar-refractivity contribution is -0.144. The van der Waals surface area contributed by atoms with Crippen LogP contribution < -0.4 is 0 Å². The number of aliphatic carboxylic acids is 1. The Bertz CT molecular complexity index is 281. The highest BCUT2D eigenvalue weighted by molar-refractivity contribution is 5.70. The van der Waals surface area contributed by atoms with Crippen molar-refractivity contribution in [1.29, 1.82) is 0 Å². The number of hydrogen-bond acceptors (Lipinski definition) is 2. The number of carboxylic acid groups (broad SMARTS) is 1. The molecule has 0 radical (unpaired) electrons. The zero-order valence-electron chi connectivity index (χ0n) is 11.6. The second-order valence-corrected chi connectivity index (χ2v) is 6.34. The smallest absolute Gasteiger partial charge is 0.306 e. The first-order chi connectivity index (χ1) is 8.56. The zero-order chi connectivity index (χ0) is 13.1. The maximum absolute atomic E-state index is 10.9. The van der Waals surface area contributed by atoms with Crippen LogP contribution in [0.15, 0.2) is 0 Å². The van der Waals surface area contributed by atoms with E-state index in [0.29, 0.717) is 12.2 Å². The fourth-order valence-corrected chi connectivity index (χ4v) is 3.34. The molecule has 0 heterocycles. The summed E-state index contributed by atoms with van der Waals surface area (Å²) in [7, 11) is 0. The van der Waals surface area contributed by atoms with Crippen LogP contribution in [0.2, 0.25) is 0 Å². The SMILES string of the molecule is CC1CCC(OC2CCC(C(=O)O)CC2)CC1C. The van der Waals surface area contributed by atoms with E-state index in [-0.39, 0.29) is 5.92 Å². The lowest BCUT2D eigenvalue weighted by Crippen LogP contribution is -2.33. The van der Waals surface area contributed by atoms with Crippen molar-refractivity contribution in [3.05, 3.63) is 0 Å². The highest BCUT2D eigenvalue weighted by Crippen LogP contribution is 2.34. The molecule has 1 N–H and O–H groups in total. The van der Waals surface area contributed by atoms with E-state index in [4.69, 9.17) is 9.84 Å². The number of hydrogen-bond donors (Lipinski definition) is 1. The van der Waals surface area contributed by atoms with Crippen LogP contribution in [0.3, 0.4) is 0 Å². The van der Waals surface area contributed by atoms with E-state index >= 15 is 0 Å². The second-order valence-electron chi connectivity index (χ2n) is 6.34. The monoisotopic (exact) mass is 254 g/mol. The minimum absolute atomic E-state index is 0.129. The van der Waals surface area contributed by atoms with Gasteiger partial charge < -0.3 is 9.84 Å². The third-order valence-corrected chi connectivity index (χ3v) is 4.96. The van der Waals surface area contributed by atoms with Gasteiger partial charge in [-0.2, -0.15) is 0 Å². The van der Waals surface area contributed by atoms with Gasteiger partial charge in [0.25, 0.3) is 0 Å². The van der Waals surface area contributed by atoms with Crippen molar-refractivity contribution in [2.45, 2.75) is 71.0 Å². The second kappa shape index (κ2) is 6.05. The van der Waals surface area contributed by atoms with E-state index in [1.165, 1.54) is 19.3 Å². The molecule has 2 aliphatic carbocycles. The Morgan fingerprint density at radius 1 is 0.944 bits per heavy atom. The molecule has 0 amide bonds. The van der Waals surface area contributed by atoms with Crippen LogP contribution in [0.25, 0.3) is 0 Å². The van der Waals surface area contributed by atoms with Crippen LogP contribution in [-0.2, 0) is 9.53 Å². The zero-order valence-corrected chi connectivity index (χ0v) is 11.6. The van der Waals surface area contributed by atoms with Crippen molar-refractivity contribution < 1.29 is 14.6 Å². The quantitative estimate of drug-likeness (QED) is 0.838. The Morgan fingerprint density at radius 3 is 2.11 bits per heavy atom. The molecule has 0 aromatic carbocycles. The maximum Gasteiger partial charge on any atom is 0.306 e. The predicted octanol–water partition coefficient (Wildman–Crippen LogP) is 3.47. The summed E-state index contributed by atoms with van der Waals surface area (Å²) in [5.74, 6) is 0.829. The van der Waals surface area contributed by atoms with Crippen LogP contribution in [0, 0.1) is 17.8 Å². The summed E-state index contributed by atoms with van der Waals surface area (Å²) in [5.41, 5.74) is 0. The number of carbonyl (C=O) groups is 1. The first-order valence-corrected chi connectivity index (χ1v) is 7.44. The first kappa shape index (κ1) is 13.9. The van der Waals surface area contributed by atoms with Crippen LogP contribution in [-0.4, -0.2) is 23.3 Å². The van der Waals surface area contributed by atoms with Gasteiger partial charge in [-0.25, -0.2) is 0 Å². The Balaban J connectivity index is 1.73. The molecule has 3 heteroatoms. The number of carboxylic acids is 1. The summed E-state index contributed by atoms with van der Waals surface area (Å²) in [6.07, 6.45) is 7.81. The molecule has 2 rings (SSSR count). The molecule has 2 aliphatic rings. The van der Waals surface area contributed by atoms with Gasteiger partial charge >= 0.3 is 5.97 Å². The van der Waals surface area contributed by atoms with E-state index in [1.54, 1.807) is 0 Å². The molecule has 0 saturated heterocycles. The lowest BCUT2D eigenvalue weighted by Gasteiger charge is -2.36. The van der Waals surface area contributed by atoms with E-state index in [2.05, 4.69) is 13.8 Å². The van der Waals surface area contributed by atoms with Gasteiger partial charge in [0, 0.05) is 0 Å². The normalized spacial score (nSPS) is 41.6. The molecule has 3 unspecified atom stereocenters. The molecular weight excluding hydrogens is 228 g/mol. The Labute approximate surface area is 110 Å². The molecule has 2 saturated carbocycles. The van der Waals surface area contributed by atoms with Crippen LogP contribution in [0.1, 0.15) is 58.8 Å². The molecule has 0 bridgehead atoms. The molecule has 104 valence electrons. The summed E-state index contributed by atoms with van der Waals surface area (Å²) in [5, 5.41) is 8.97. The van der Waals surface area contributed by atoms with E-state index in [1.807, 2.05) is 0 Å². The van der Waals surface area contributed by atoms with Crippen molar-refractivity contribution in [2.75, 3.05) is 0 Å². The molecular formula is C15H26O3.